The van der Waals surface area contributed by atoms with Crippen LogP contribution in [0.5, 0.6) is 5.75 Å². The van der Waals surface area contributed by atoms with Crippen molar-refractivity contribution in [1.29, 1.82) is 0 Å². The van der Waals surface area contributed by atoms with Gasteiger partial charge in [-0.25, -0.2) is 0 Å². The molecule has 0 aromatic heterocycles. The van der Waals surface area contributed by atoms with Crippen LogP contribution in [0.3, 0.4) is 0 Å². The lowest BCUT2D eigenvalue weighted by atomic mass is 10.2. The van der Waals surface area contributed by atoms with Gasteiger partial charge in [-0.1, -0.05) is 62.2 Å². The molecule has 0 bridgehead atoms. The lowest BCUT2D eigenvalue weighted by Gasteiger charge is -2.10. The van der Waals surface area contributed by atoms with Gasteiger partial charge in [-0.2, -0.15) is 0 Å². The van der Waals surface area contributed by atoms with E-state index in [1.165, 1.54) is 0 Å². The number of ether oxygens (including phenoxy) is 1. The van der Waals surface area contributed by atoms with Gasteiger partial charge >= 0.3 is 0 Å². The average Bonchev–Trinajstić information content (AvgIpc) is 2.61. The lowest BCUT2D eigenvalue weighted by Crippen LogP contribution is -1.98. The van der Waals surface area contributed by atoms with E-state index in [0.717, 1.165) is 37.1 Å². The molecule has 0 spiro atoms. The molecule has 0 unspecified atom stereocenters. The van der Waals surface area contributed by atoms with E-state index in [-0.39, 0.29) is 0 Å². The molecular formula is C21H17Br2NO. The summed E-state index contributed by atoms with van der Waals surface area (Å²) < 4.78 is 8.07. The largest absolute Gasteiger partial charge is 0.488 e. The predicted molar refractivity (Wildman–Crippen MR) is 111 cm³/mol. The molecule has 126 valence electrons. The van der Waals surface area contributed by atoms with Crippen LogP contribution < -0.4 is 4.74 Å². The summed E-state index contributed by atoms with van der Waals surface area (Å²) in [7, 11) is 0. The van der Waals surface area contributed by atoms with E-state index in [4.69, 9.17) is 4.74 Å². The number of benzene rings is 3. The fraction of sp³-hybridized carbons (Fsp3) is 0.0952. The number of rotatable bonds is 5. The predicted octanol–water partition coefficient (Wildman–Crippen LogP) is 6.85. The fourth-order valence-corrected chi connectivity index (χ4v) is 2.98. The second-order valence-corrected chi connectivity index (χ2v) is 7.47. The van der Waals surface area contributed by atoms with Crippen LogP contribution in [-0.2, 0) is 6.61 Å². The van der Waals surface area contributed by atoms with Gasteiger partial charge in [0, 0.05) is 20.7 Å². The first-order chi connectivity index (χ1) is 12.1. The first-order valence-corrected chi connectivity index (χ1v) is 9.47. The van der Waals surface area contributed by atoms with Gasteiger partial charge in [0.05, 0.1) is 5.69 Å². The third kappa shape index (κ3) is 5.03. The monoisotopic (exact) mass is 457 g/mol. The van der Waals surface area contributed by atoms with E-state index in [9.17, 15) is 0 Å². The van der Waals surface area contributed by atoms with Gasteiger partial charge in [0.15, 0.2) is 0 Å². The molecule has 0 atom stereocenters. The van der Waals surface area contributed by atoms with Crippen LogP contribution in [-0.4, -0.2) is 6.21 Å². The zero-order valence-corrected chi connectivity index (χ0v) is 16.9. The van der Waals surface area contributed by atoms with E-state index in [1.807, 2.05) is 66.9 Å². The minimum atomic E-state index is 0.514. The fourth-order valence-electron chi connectivity index (χ4n) is 2.34. The van der Waals surface area contributed by atoms with Crippen LogP contribution in [0.2, 0.25) is 0 Å². The zero-order chi connectivity index (χ0) is 17.6. The highest BCUT2D eigenvalue weighted by Gasteiger charge is 2.04. The summed E-state index contributed by atoms with van der Waals surface area (Å²) in [6, 6.07) is 22.1. The Hall–Kier alpha value is -1.91. The minimum Gasteiger partial charge on any atom is -0.488 e. The maximum atomic E-state index is 6.01. The Morgan fingerprint density at radius 1 is 0.920 bits per heavy atom. The second-order valence-electron chi connectivity index (χ2n) is 5.64. The van der Waals surface area contributed by atoms with E-state index in [0.29, 0.717) is 6.61 Å². The molecule has 0 heterocycles. The number of para-hydroxylation sites is 1. The van der Waals surface area contributed by atoms with Crippen molar-refractivity contribution in [3.8, 4) is 5.75 Å². The topological polar surface area (TPSA) is 21.6 Å². The van der Waals surface area contributed by atoms with Gasteiger partial charge < -0.3 is 4.74 Å². The number of nitrogens with zero attached hydrogens (tertiary/aromatic N) is 1. The Bertz CT molecular complexity index is 889. The van der Waals surface area contributed by atoms with Crippen molar-refractivity contribution in [3.05, 3.63) is 92.4 Å². The van der Waals surface area contributed by atoms with Crippen molar-refractivity contribution in [2.24, 2.45) is 4.99 Å². The van der Waals surface area contributed by atoms with Crippen molar-refractivity contribution in [2.45, 2.75) is 13.5 Å². The second kappa shape index (κ2) is 8.45. The van der Waals surface area contributed by atoms with Crippen molar-refractivity contribution < 1.29 is 4.74 Å². The molecule has 4 heteroatoms. The Balaban J connectivity index is 1.80. The molecule has 0 aliphatic rings. The number of hydrogen-bond acceptors (Lipinski definition) is 2. The molecule has 0 fully saturated rings. The highest BCUT2D eigenvalue weighted by molar-refractivity contribution is 9.10. The number of hydrogen-bond donors (Lipinski definition) is 0. The summed E-state index contributed by atoms with van der Waals surface area (Å²) in [5, 5.41) is 0. The van der Waals surface area contributed by atoms with Gasteiger partial charge in [-0.3, -0.25) is 4.99 Å². The highest BCUT2D eigenvalue weighted by atomic mass is 79.9. The Kier molecular flexibility index (Phi) is 6.05. The third-order valence-electron chi connectivity index (χ3n) is 3.74. The highest BCUT2D eigenvalue weighted by Crippen LogP contribution is 2.25. The molecule has 25 heavy (non-hydrogen) atoms. The van der Waals surface area contributed by atoms with Gasteiger partial charge in [-0.05, 0) is 54.4 Å². The van der Waals surface area contributed by atoms with Crippen molar-refractivity contribution in [1.82, 2.24) is 0 Å². The standard InChI is InChI=1S/C21H17Br2NO/c1-15-4-2-3-5-20(15)24-13-17-12-19(23)10-11-21(17)25-14-16-6-8-18(22)9-7-16/h2-13H,14H2,1H3. The van der Waals surface area contributed by atoms with Crippen LogP contribution in [0, 0.1) is 6.92 Å². The number of aliphatic imine (C=N–C) groups is 1. The molecule has 2 nitrogen and oxygen atoms in total. The molecule has 0 amide bonds. The molecule has 3 aromatic carbocycles. The molecule has 0 saturated carbocycles. The zero-order valence-electron chi connectivity index (χ0n) is 13.7. The maximum absolute atomic E-state index is 6.01. The summed E-state index contributed by atoms with van der Waals surface area (Å²) in [4.78, 5) is 4.61. The van der Waals surface area contributed by atoms with E-state index < -0.39 is 0 Å². The average molecular weight is 459 g/mol. The SMILES string of the molecule is Cc1ccccc1N=Cc1cc(Br)ccc1OCc1ccc(Br)cc1. The molecule has 0 aliphatic carbocycles. The summed E-state index contributed by atoms with van der Waals surface area (Å²) in [5.74, 6) is 0.809. The number of halogens is 2. The normalized spacial score (nSPS) is 11.0. The molecule has 3 aromatic rings. The van der Waals surface area contributed by atoms with Crippen LogP contribution in [0.25, 0.3) is 0 Å². The maximum Gasteiger partial charge on any atom is 0.128 e. The Morgan fingerprint density at radius 2 is 1.64 bits per heavy atom. The van der Waals surface area contributed by atoms with Crippen molar-refractivity contribution in [3.63, 3.8) is 0 Å². The van der Waals surface area contributed by atoms with Crippen LogP contribution in [0.1, 0.15) is 16.7 Å². The third-order valence-corrected chi connectivity index (χ3v) is 4.76. The molecule has 0 N–H and O–H groups in total. The summed E-state index contributed by atoms with van der Waals surface area (Å²) in [5.41, 5.74) is 4.16. The number of aryl methyl sites for hydroxylation is 1. The lowest BCUT2D eigenvalue weighted by molar-refractivity contribution is 0.306. The molecule has 0 radical (unpaired) electrons. The summed E-state index contributed by atoms with van der Waals surface area (Å²) in [6.45, 7) is 2.57. The van der Waals surface area contributed by atoms with E-state index in [1.54, 1.807) is 0 Å². The van der Waals surface area contributed by atoms with Gasteiger partial charge in [0.25, 0.3) is 0 Å². The summed E-state index contributed by atoms with van der Waals surface area (Å²) in [6.07, 6.45) is 1.85. The molecular weight excluding hydrogens is 442 g/mol. The van der Waals surface area contributed by atoms with Crippen molar-refractivity contribution in [2.75, 3.05) is 0 Å². The molecule has 0 saturated heterocycles. The first-order valence-electron chi connectivity index (χ1n) is 7.88. The van der Waals surface area contributed by atoms with E-state index >= 15 is 0 Å². The smallest absolute Gasteiger partial charge is 0.128 e. The van der Waals surface area contributed by atoms with Crippen LogP contribution in [0.15, 0.2) is 80.7 Å². The van der Waals surface area contributed by atoms with Crippen molar-refractivity contribution >= 4 is 43.8 Å². The molecule has 0 aliphatic heterocycles. The van der Waals surface area contributed by atoms with Gasteiger partial charge in [0.1, 0.15) is 12.4 Å². The minimum absolute atomic E-state index is 0.514. The quantitative estimate of drug-likeness (QED) is 0.383. The van der Waals surface area contributed by atoms with Gasteiger partial charge in [-0.15, -0.1) is 0 Å². The Labute approximate surface area is 164 Å². The van der Waals surface area contributed by atoms with Crippen LogP contribution in [0.4, 0.5) is 5.69 Å². The first kappa shape index (κ1) is 17.9. The van der Waals surface area contributed by atoms with Crippen LogP contribution >= 0.6 is 31.9 Å². The Morgan fingerprint density at radius 3 is 2.40 bits per heavy atom. The van der Waals surface area contributed by atoms with E-state index in [2.05, 4.69) is 49.8 Å². The molecule has 3 rings (SSSR count). The summed E-state index contributed by atoms with van der Waals surface area (Å²) >= 11 is 6.96. The van der Waals surface area contributed by atoms with Gasteiger partial charge in [0.2, 0.25) is 0 Å².